The van der Waals surface area contributed by atoms with Crippen LogP contribution in [0.1, 0.15) is 43.4 Å². The van der Waals surface area contributed by atoms with Gasteiger partial charge in [0.2, 0.25) is 5.91 Å². The van der Waals surface area contributed by atoms with Gasteiger partial charge in [-0.2, -0.15) is 4.68 Å². The molecule has 4 aromatic carbocycles. The topological polar surface area (TPSA) is 169 Å². The van der Waals surface area contributed by atoms with Gasteiger partial charge in [0, 0.05) is 43.1 Å². The predicted molar refractivity (Wildman–Crippen MR) is 189 cm³/mol. The molecule has 0 bridgehead atoms. The monoisotopic (exact) mass is 723 g/mol. The molecule has 0 fully saturated rings. The molecule has 0 aliphatic carbocycles. The van der Waals surface area contributed by atoms with Crippen LogP contribution in [-0.4, -0.2) is 80.7 Å². The molecule has 0 saturated carbocycles. The van der Waals surface area contributed by atoms with Crippen molar-refractivity contribution < 1.29 is 33.4 Å². The van der Waals surface area contributed by atoms with Crippen LogP contribution >= 0.6 is 11.6 Å². The Balaban J connectivity index is 1.35. The first kappa shape index (κ1) is 35.6. The van der Waals surface area contributed by atoms with Crippen LogP contribution in [0.25, 0.3) is 22.9 Å². The lowest BCUT2D eigenvalue weighted by atomic mass is 9.85. The third-order valence-electron chi connectivity index (χ3n) is 8.50. The van der Waals surface area contributed by atoms with Gasteiger partial charge in [-0.3, -0.25) is 14.4 Å². The van der Waals surface area contributed by atoms with Gasteiger partial charge in [-0.1, -0.05) is 41.9 Å². The molecule has 52 heavy (non-hydrogen) atoms. The number of methoxy groups -OCH3 is 1. The fourth-order valence-electron chi connectivity index (χ4n) is 5.97. The minimum absolute atomic E-state index is 0.0387. The minimum atomic E-state index is -1.13. The van der Waals surface area contributed by atoms with Crippen LogP contribution in [0.2, 0.25) is 5.02 Å². The van der Waals surface area contributed by atoms with Gasteiger partial charge in [0.15, 0.2) is 5.82 Å². The highest BCUT2D eigenvalue weighted by molar-refractivity contribution is 6.31. The Labute approximate surface area is 301 Å². The van der Waals surface area contributed by atoms with Gasteiger partial charge in [-0.25, -0.2) is 9.18 Å². The van der Waals surface area contributed by atoms with Crippen LogP contribution in [0.3, 0.4) is 0 Å². The van der Waals surface area contributed by atoms with E-state index in [1.807, 2.05) is 18.2 Å². The number of hydrogen-bond acceptors (Lipinski definition) is 8. The number of carbonyl (C=O) groups is 4. The molecular weight excluding hydrogens is 693 g/mol. The van der Waals surface area contributed by atoms with Crippen molar-refractivity contribution in [3.63, 3.8) is 0 Å². The Morgan fingerprint density at radius 3 is 2.46 bits per heavy atom. The fraction of sp³-hybridized carbons (Fsp3) is 0.162. The molecule has 5 aromatic rings. The summed E-state index contributed by atoms with van der Waals surface area (Å²) in [4.78, 5) is 53.4. The second-order valence-corrected chi connectivity index (χ2v) is 12.0. The molecule has 1 aliphatic rings. The first-order valence-corrected chi connectivity index (χ1v) is 16.4. The van der Waals surface area contributed by atoms with E-state index in [2.05, 4.69) is 26.2 Å². The molecule has 1 atom stereocenters. The van der Waals surface area contributed by atoms with E-state index in [1.54, 1.807) is 31.4 Å². The molecule has 1 aromatic heterocycles. The summed E-state index contributed by atoms with van der Waals surface area (Å²) in [5.74, 6) is -3.27. The number of aromatic carboxylic acids is 1. The number of carbonyl (C=O) groups excluding carboxylic acids is 3. The minimum Gasteiger partial charge on any atom is -0.478 e. The number of tetrazole rings is 1. The lowest BCUT2D eigenvalue weighted by Crippen LogP contribution is -2.45. The number of amides is 3. The lowest BCUT2D eigenvalue weighted by Gasteiger charge is -2.37. The van der Waals surface area contributed by atoms with Crippen LogP contribution in [-0.2, 0) is 20.7 Å². The first-order chi connectivity index (χ1) is 25.2. The number of anilines is 1. The van der Waals surface area contributed by atoms with Crippen molar-refractivity contribution in [2.24, 2.45) is 0 Å². The number of carboxylic acids is 1. The summed E-state index contributed by atoms with van der Waals surface area (Å²) >= 11 is 6.08. The van der Waals surface area contributed by atoms with Crippen molar-refractivity contribution in [3.8, 4) is 16.8 Å². The molecule has 15 heteroatoms. The number of halogens is 2. The zero-order valence-corrected chi connectivity index (χ0v) is 28.4. The number of ether oxygens (including phenoxy) is 1. The van der Waals surface area contributed by atoms with Crippen molar-refractivity contribution in [2.75, 3.05) is 32.1 Å². The van der Waals surface area contributed by atoms with Crippen LogP contribution in [0, 0.1) is 5.82 Å². The Kier molecular flexibility index (Phi) is 10.8. The van der Waals surface area contributed by atoms with Gasteiger partial charge in [-0.05, 0) is 93.7 Å². The Bertz CT molecular complexity index is 2160. The number of hydrogen-bond donors (Lipinski definition) is 3. The van der Waals surface area contributed by atoms with Crippen molar-refractivity contribution in [3.05, 3.63) is 130 Å². The van der Waals surface area contributed by atoms with Gasteiger partial charge < -0.3 is 25.4 Å². The number of fused-ring (bicyclic) bond motifs is 1. The molecule has 3 N–H and O–H groups in total. The fourth-order valence-corrected chi connectivity index (χ4v) is 6.14. The van der Waals surface area contributed by atoms with E-state index in [1.165, 1.54) is 58.4 Å². The molecule has 1 unspecified atom stereocenters. The number of rotatable bonds is 11. The van der Waals surface area contributed by atoms with E-state index < -0.39 is 29.6 Å². The van der Waals surface area contributed by atoms with E-state index in [0.29, 0.717) is 36.4 Å². The quantitative estimate of drug-likeness (QED) is 0.126. The summed E-state index contributed by atoms with van der Waals surface area (Å²) in [5, 5.41) is 25.7. The molecule has 2 heterocycles. The number of nitrogens with one attached hydrogen (secondary N) is 2. The molecule has 0 radical (unpaired) electrons. The van der Waals surface area contributed by atoms with Crippen molar-refractivity contribution >= 4 is 47.1 Å². The van der Waals surface area contributed by atoms with Gasteiger partial charge >= 0.3 is 5.97 Å². The summed E-state index contributed by atoms with van der Waals surface area (Å²) in [6, 6.07) is 19.9. The Hall–Kier alpha value is -6.25. The second kappa shape index (κ2) is 15.7. The Morgan fingerprint density at radius 2 is 1.77 bits per heavy atom. The normalized spacial score (nSPS) is 13.8. The van der Waals surface area contributed by atoms with Gasteiger partial charge in [0.25, 0.3) is 11.8 Å². The number of benzene rings is 4. The molecule has 0 spiro atoms. The molecular formula is C37H31ClFN7O6. The van der Waals surface area contributed by atoms with E-state index in [0.717, 1.165) is 22.8 Å². The molecule has 0 saturated heterocycles. The summed E-state index contributed by atoms with van der Waals surface area (Å²) in [7, 11) is 1.55. The summed E-state index contributed by atoms with van der Waals surface area (Å²) in [6.07, 6.45) is 4.08. The van der Waals surface area contributed by atoms with Crippen molar-refractivity contribution in [1.29, 1.82) is 0 Å². The molecule has 1 aliphatic heterocycles. The highest BCUT2D eigenvalue weighted by atomic mass is 35.5. The van der Waals surface area contributed by atoms with E-state index in [-0.39, 0.29) is 34.3 Å². The first-order valence-electron chi connectivity index (χ1n) is 16.0. The maximum Gasteiger partial charge on any atom is 0.335 e. The summed E-state index contributed by atoms with van der Waals surface area (Å²) in [5.41, 5.74) is 4.06. The molecule has 13 nitrogen and oxygen atoms in total. The Morgan fingerprint density at radius 1 is 1.02 bits per heavy atom. The number of aromatic nitrogens is 4. The zero-order chi connectivity index (χ0) is 36.8. The standard InChI is InChI=1S/C37H31ClFN7O6/c1-52-20-18-40-35(48)23-7-5-22(6-8-23)26-3-2-4-28-27(26)17-19-45(34(28)36(49)42-25-11-9-24(10-12-25)37(50)51)32(47)16-13-29-31(46-21-41-43-44-46)15-14-30(38)33(29)39/h2-16,21,34H,17-20H2,1H3,(H,40,48)(H,42,49)(H,50,51). The summed E-state index contributed by atoms with van der Waals surface area (Å²) < 4.78 is 21.5. The highest BCUT2D eigenvalue weighted by Crippen LogP contribution is 2.37. The van der Waals surface area contributed by atoms with E-state index >= 15 is 4.39 Å². The van der Waals surface area contributed by atoms with Gasteiger partial charge in [-0.15, -0.1) is 5.10 Å². The summed E-state index contributed by atoms with van der Waals surface area (Å²) in [6.45, 7) is 0.882. The largest absolute Gasteiger partial charge is 0.478 e. The zero-order valence-electron chi connectivity index (χ0n) is 27.6. The number of nitrogens with zero attached hydrogens (tertiary/aromatic N) is 5. The van der Waals surface area contributed by atoms with E-state index in [4.69, 9.17) is 16.3 Å². The van der Waals surface area contributed by atoms with Crippen LogP contribution < -0.4 is 10.6 Å². The predicted octanol–water partition coefficient (Wildman–Crippen LogP) is 4.97. The number of carboxylic acid groups (broad SMARTS) is 1. The van der Waals surface area contributed by atoms with Crippen molar-refractivity contribution in [1.82, 2.24) is 30.4 Å². The second-order valence-electron chi connectivity index (χ2n) is 11.6. The SMILES string of the molecule is COCCNC(=O)c1ccc(-c2cccc3c2CCN(C(=O)C=Cc2c(-n4cnnn4)ccc(Cl)c2F)C3C(=O)Nc2ccc(C(=O)O)cc2)cc1. The van der Waals surface area contributed by atoms with Crippen molar-refractivity contribution in [2.45, 2.75) is 12.5 Å². The van der Waals surface area contributed by atoms with Gasteiger partial charge in [0.1, 0.15) is 12.4 Å². The molecule has 3 amide bonds. The van der Waals surface area contributed by atoms with Crippen LogP contribution in [0.5, 0.6) is 0 Å². The lowest BCUT2D eigenvalue weighted by molar-refractivity contribution is -0.135. The third kappa shape index (κ3) is 7.57. The average molecular weight is 724 g/mol. The average Bonchev–Trinajstić information content (AvgIpc) is 3.70. The smallest absolute Gasteiger partial charge is 0.335 e. The van der Waals surface area contributed by atoms with Gasteiger partial charge in [0.05, 0.1) is 22.9 Å². The highest BCUT2D eigenvalue weighted by Gasteiger charge is 2.36. The molecule has 6 rings (SSSR count). The maximum atomic E-state index is 15.3. The third-order valence-corrected chi connectivity index (χ3v) is 8.79. The van der Waals surface area contributed by atoms with Crippen LogP contribution in [0.4, 0.5) is 10.1 Å². The molecule has 264 valence electrons. The van der Waals surface area contributed by atoms with E-state index in [9.17, 15) is 24.3 Å². The maximum absolute atomic E-state index is 15.3. The van der Waals surface area contributed by atoms with Crippen LogP contribution in [0.15, 0.2) is 91.3 Å².